The predicted octanol–water partition coefficient (Wildman–Crippen LogP) is 2.40. The van der Waals surface area contributed by atoms with Crippen LogP contribution in [0.1, 0.15) is 88.4 Å². The third-order valence-corrected chi connectivity index (χ3v) is 10.8. The SMILES string of the molecule is Cc1cc(NC(=O)C23CC4CC(CC(C4)C2)C3)c(OC(=O)C23CC4CC(CC(C4)C2)C3)c(C)[nH+]1.[Cl-]. The molecule has 0 aromatic carbocycles. The molecule has 1 heterocycles. The molecule has 8 bridgehead atoms. The van der Waals surface area contributed by atoms with Gasteiger partial charge in [-0.25, -0.2) is 4.98 Å². The number of rotatable bonds is 4. The van der Waals surface area contributed by atoms with Crippen LogP contribution in [0, 0.1) is 60.2 Å². The van der Waals surface area contributed by atoms with Gasteiger partial charge in [-0.3, -0.25) is 9.59 Å². The Bertz CT molecular complexity index is 996. The number of esters is 1. The van der Waals surface area contributed by atoms with Gasteiger partial charge in [-0.05, 0) is 113 Å². The smallest absolute Gasteiger partial charge is 0.317 e. The third kappa shape index (κ3) is 3.83. The summed E-state index contributed by atoms with van der Waals surface area (Å²) in [7, 11) is 0. The molecule has 0 unspecified atom stereocenters. The van der Waals surface area contributed by atoms with Crippen molar-refractivity contribution in [3.8, 4) is 5.75 Å². The van der Waals surface area contributed by atoms with Crippen LogP contribution in [0.15, 0.2) is 6.07 Å². The molecule has 8 fully saturated rings. The molecule has 9 rings (SSSR count). The average molecular weight is 499 g/mol. The zero-order valence-electron chi connectivity index (χ0n) is 21.1. The first-order chi connectivity index (χ1) is 16.3. The maximum atomic E-state index is 13.8. The van der Waals surface area contributed by atoms with Crippen LogP contribution in [0.25, 0.3) is 0 Å². The van der Waals surface area contributed by atoms with E-state index in [1.807, 2.05) is 19.9 Å². The Morgan fingerprint density at radius 3 is 1.69 bits per heavy atom. The second-order valence-corrected chi connectivity index (χ2v) is 13.6. The summed E-state index contributed by atoms with van der Waals surface area (Å²) in [4.78, 5) is 30.8. The minimum atomic E-state index is -0.312. The van der Waals surface area contributed by atoms with E-state index in [1.54, 1.807) is 0 Å². The summed E-state index contributed by atoms with van der Waals surface area (Å²) in [5, 5.41) is 3.29. The molecule has 8 saturated carbocycles. The second-order valence-electron chi connectivity index (χ2n) is 13.6. The molecule has 2 N–H and O–H groups in total. The molecule has 8 aliphatic carbocycles. The van der Waals surface area contributed by atoms with Crippen molar-refractivity contribution in [3.63, 3.8) is 0 Å². The fourth-order valence-corrected chi connectivity index (χ4v) is 10.3. The number of amides is 1. The van der Waals surface area contributed by atoms with Gasteiger partial charge in [0.25, 0.3) is 0 Å². The van der Waals surface area contributed by atoms with Crippen molar-refractivity contribution in [2.45, 2.75) is 90.9 Å². The van der Waals surface area contributed by atoms with Gasteiger partial charge >= 0.3 is 5.97 Å². The third-order valence-electron chi connectivity index (χ3n) is 10.8. The van der Waals surface area contributed by atoms with Gasteiger partial charge < -0.3 is 22.5 Å². The first-order valence-electron chi connectivity index (χ1n) is 13.9. The summed E-state index contributed by atoms with van der Waals surface area (Å²) in [5.74, 6) is 4.87. The number of aryl methyl sites for hydroxylation is 2. The van der Waals surface area contributed by atoms with E-state index in [9.17, 15) is 9.59 Å². The summed E-state index contributed by atoms with van der Waals surface area (Å²) in [6, 6.07) is 1.95. The van der Waals surface area contributed by atoms with E-state index in [-0.39, 0.29) is 35.1 Å². The zero-order valence-corrected chi connectivity index (χ0v) is 21.9. The quantitative estimate of drug-likeness (QED) is 0.648. The Labute approximate surface area is 215 Å². The van der Waals surface area contributed by atoms with Crippen LogP contribution in [0.4, 0.5) is 5.69 Å². The Kier molecular flexibility index (Phi) is 5.56. The van der Waals surface area contributed by atoms with Crippen molar-refractivity contribution >= 4 is 17.6 Å². The second kappa shape index (κ2) is 8.19. The molecule has 1 amide bonds. The molecule has 190 valence electrons. The molecule has 1 aromatic heterocycles. The van der Waals surface area contributed by atoms with Crippen molar-refractivity contribution in [2.24, 2.45) is 46.3 Å². The van der Waals surface area contributed by atoms with Crippen LogP contribution >= 0.6 is 0 Å². The Balaban J connectivity index is 0.00000229. The van der Waals surface area contributed by atoms with Crippen molar-refractivity contribution in [2.75, 3.05) is 5.32 Å². The van der Waals surface area contributed by atoms with Gasteiger partial charge in [0.05, 0.1) is 16.5 Å². The number of carbonyl (C=O) groups is 2. The maximum absolute atomic E-state index is 13.8. The van der Waals surface area contributed by atoms with E-state index in [1.165, 1.54) is 38.5 Å². The molecule has 35 heavy (non-hydrogen) atoms. The number of hydrogen-bond acceptors (Lipinski definition) is 3. The highest BCUT2D eigenvalue weighted by molar-refractivity contribution is 5.97. The first-order valence-corrected chi connectivity index (χ1v) is 13.9. The van der Waals surface area contributed by atoms with Gasteiger partial charge in [-0.2, -0.15) is 0 Å². The van der Waals surface area contributed by atoms with Gasteiger partial charge in [-0.15, -0.1) is 0 Å². The lowest BCUT2D eigenvalue weighted by Gasteiger charge is -2.55. The highest BCUT2D eigenvalue weighted by Gasteiger charge is 2.57. The maximum Gasteiger partial charge on any atom is 0.317 e. The lowest BCUT2D eigenvalue weighted by molar-refractivity contribution is -0.397. The molecule has 6 heteroatoms. The van der Waals surface area contributed by atoms with E-state index < -0.39 is 0 Å². The molecule has 1 aromatic rings. The lowest BCUT2D eigenvalue weighted by atomic mass is 9.49. The van der Waals surface area contributed by atoms with E-state index >= 15 is 0 Å². The number of aromatic nitrogens is 1. The topological polar surface area (TPSA) is 69.5 Å². The number of nitrogens with one attached hydrogen (secondary N) is 2. The Hall–Kier alpha value is -1.62. The van der Waals surface area contributed by atoms with Gasteiger partial charge in [0.2, 0.25) is 17.4 Å². The number of aromatic amines is 1. The molecule has 0 radical (unpaired) electrons. The minimum absolute atomic E-state index is 0. The van der Waals surface area contributed by atoms with Crippen molar-refractivity contribution in [1.29, 1.82) is 0 Å². The van der Waals surface area contributed by atoms with E-state index in [0.717, 1.165) is 67.7 Å². The van der Waals surface area contributed by atoms with Gasteiger partial charge in [0.15, 0.2) is 5.69 Å². The summed E-state index contributed by atoms with van der Waals surface area (Å²) in [6.45, 7) is 3.95. The highest BCUT2D eigenvalue weighted by atomic mass is 35.5. The number of ether oxygens (including phenoxy) is 1. The van der Waals surface area contributed by atoms with Gasteiger partial charge in [0.1, 0.15) is 0 Å². The summed E-state index contributed by atoms with van der Waals surface area (Å²) < 4.78 is 6.25. The number of H-pyrrole nitrogens is 1. The molecular formula is C29H39ClN2O3. The van der Waals surface area contributed by atoms with Crippen LogP contribution < -0.4 is 27.4 Å². The molecule has 0 saturated heterocycles. The van der Waals surface area contributed by atoms with Crippen molar-refractivity contribution < 1.29 is 31.7 Å². The lowest BCUT2D eigenvalue weighted by Crippen LogP contribution is -3.00. The number of carbonyl (C=O) groups excluding carboxylic acids is 2. The average Bonchev–Trinajstić information content (AvgIpc) is 2.74. The first kappa shape index (κ1) is 23.8. The van der Waals surface area contributed by atoms with Crippen LogP contribution in [-0.4, -0.2) is 11.9 Å². The standard InChI is InChI=1S/C29H38N2O3.ClH/c1-16-3-24(31-26(32)28-10-18-4-19(11-28)6-20(5-18)12-28)25(17(2)30-16)34-27(33)29-13-21-7-22(14-29)9-23(8-21)15-29;/h3,18-23H,4-15H2,1-2H3,(H,30,31,32);1H. The number of anilines is 1. The fourth-order valence-electron chi connectivity index (χ4n) is 10.3. The normalized spacial score (nSPS) is 42.0. The minimum Gasteiger partial charge on any atom is -1.00 e. The molecule has 8 aliphatic rings. The Morgan fingerprint density at radius 2 is 1.23 bits per heavy atom. The predicted molar refractivity (Wildman–Crippen MR) is 128 cm³/mol. The number of pyridine rings is 1. The summed E-state index contributed by atoms with van der Waals surface area (Å²) >= 11 is 0. The highest BCUT2D eigenvalue weighted by Crippen LogP contribution is 2.61. The van der Waals surface area contributed by atoms with E-state index in [2.05, 4.69) is 10.3 Å². The fraction of sp³-hybridized carbons (Fsp3) is 0.759. The number of hydrogen-bond donors (Lipinski definition) is 1. The largest absolute Gasteiger partial charge is 1.00 e. The zero-order chi connectivity index (χ0) is 23.2. The monoisotopic (exact) mass is 498 g/mol. The van der Waals surface area contributed by atoms with Crippen LogP contribution in [0.5, 0.6) is 5.75 Å². The van der Waals surface area contributed by atoms with Gasteiger partial charge in [0, 0.05) is 19.9 Å². The number of halogens is 1. The molecule has 0 aliphatic heterocycles. The summed E-state index contributed by atoms with van der Waals surface area (Å²) in [5.41, 5.74) is 1.92. The molecule has 0 atom stereocenters. The van der Waals surface area contributed by atoms with Crippen LogP contribution in [0.3, 0.4) is 0 Å². The van der Waals surface area contributed by atoms with E-state index in [0.29, 0.717) is 29.2 Å². The Morgan fingerprint density at radius 1 is 0.800 bits per heavy atom. The summed E-state index contributed by atoms with van der Waals surface area (Å²) in [6.07, 6.45) is 13.9. The van der Waals surface area contributed by atoms with Crippen LogP contribution in [0.2, 0.25) is 0 Å². The van der Waals surface area contributed by atoms with E-state index in [4.69, 9.17) is 4.74 Å². The molecule has 0 spiro atoms. The molecular weight excluding hydrogens is 460 g/mol. The van der Waals surface area contributed by atoms with Crippen LogP contribution in [-0.2, 0) is 9.59 Å². The molecule has 5 nitrogen and oxygen atoms in total. The van der Waals surface area contributed by atoms with Crippen molar-refractivity contribution in [3.05, 3.63) is 17.5 Å². The van der Waals surface area contributed by atoms with Crippen molar-refractivity contribution in [1.82, 2.24) is 0 Å². The van der Waals surface area contributed by atoms with Gasteiger partial charge in [-0.1, -0.05) is 0 Å².